The number of nitrogens with zero attached hydrogens (tertiary/aromatic N) is 7. The number of hydrogen-bond acceptors (Lipinski definition) is 23. The lowest BCUT2D eigenvalue weighted by molar-refractivity contribution is -0.189. The van der Waals surface area contributed by atoms with Gasteiger partial charge in [0.2, 0.25) is 17.7 Å². The first-order valence-electron chi connectivity index (χ1n) is 44.2. The monoisotopic (exact) mass is 1720 g/mol. The smallest absolute Gasteiger partial charge is 0.255 e. The van der Waals surface area contributed by atoms with Gasteiger partial charge in [-0.2, -0.15) is 10.5 Å². The molecule has 4 saturated carbocycles. The van der Waals surface area contributed by atoms with Gasteiger partial charge in [0, 0.05) is 184 Å². The molecule has 29 heteroatoms. The van der Waals surface area contributed by atoms with Crippen LogP contribution in [-0.4, -0.2) is 227 Å². The lowest BCUT2D eigenvalue weighted by Crippen LogP contribution is -2.78. The van der Waals surface area contributed by atoms with Crippen LogP contribution in [0.15, 0.2) is 115 Å². The summed E-state index contributed by atoms with van der Waals surface area (Å²) in [6.45, 7) is 25.6. The van der Waals surface area contributed by atoms with Gasteiger partial charge in [0.25, 0.3) is 29.5 Å². The summed E-state index contributed by atoms with van der Waals surface area (Å²) in [6.07, 6.45) is 6.01. The van der Waals surface area contributed by atoms with Crippen molar-refractivity contribution in [2.75, 3.05) is 103 Å². The summed E-state index contributed by atoms with van der Waals surface area (Å²) in [5.74, 6) is -0.381. The van der Waals surface area contributed by atoms with Gasteiger partial charge in [0.15, 0.2) is 0 Å². The molecule has 10 aliphatic rings. The van der Waals surface area contributed by atoms with Gasteiger partial charge < -0.3 is 73.7 Å². The number of anilines is 2. The van der Waals surface area contributed by atoms with Gasteiger partial charge in [-0.15, -0.1) is 0 Å². The molecule has 4 aliphatic carbocycles. The summed E-state index contributed by atoms with van der Waals surface area (Å²) < 4.78 is 56.6. The van der Waals surface area contributed by atoms with Crippen LogP contribution in [0.4, 0.5) is 11.4 Å². The van der Waals surface area contributed by atoms with Gasteiger partial charge in [-0.1, -0.05) is 48.5 Å². The summed E-state index contributed by atoms with van der Waals surface area (Å²) in [7, 11) is 4.41. The van der Waals surface area contributed by atoms with Crippen LogP contribution in [0.25, 0.3) is 0 Å². The fraction of sp³-hybridized carbons (Fsp3) is 0.526. The molecule has 0 aromatic heterocycles. The lowest BCUT2D eigenvalue weighted by Gasteiger charge is -2.65. The fourth-order valence-electron chi connectivity index (χ4n) is 22.1. The van der Waals surface area contributed by atoms with E-state index in [9.17, 15) is 48.9 Å². The molecule has 6 saturated heterocycles. The number of carbonyl (C=O) groups excluding carboxylic acids is 8. The van der Waals surface area contributed by atoms with Crippen LogP contribution in [0.3, 0.4) is 0 Å². The predicted molar refractivity (Wildman–Crippen MR) is 467 cm³/mol. The van der Waals surface area contributed by atoms with E-state index in [0.717, 1.165) is 132 Å². The largest absolute Gasteiger partial charge is 0.496 e. The van der Waals surface area contributed by atoms with Crippen molar-refractivity contribution < 1.29 is 81.0 Å². The van der Waals surface area contributed by atoms with Crippen LogP contribution in [0.1, 0.15) is 189 Å². The van der Waals surface area contributed by atoms with Gasteiger partial charge in [0.1, 0.15) is 82.8 Å². The molecule has 0 bridgehead atoms. The van der Waals surface area contributed by atoms with Gasteiger partial charge in [0.05, 0.1) is 74.1 Å². The molecule has 126 heavy (non-hydrogen) atoms. The topological polar surface area (TPSA) is 344 Å². The first kappa shape index (κ1) is 88.0. The highest BCUT2D eigenvalue weighted by Crippen LogP contribution is 2.58. The number of imide groups is 2. The molecule has 666 valence electrons. The zero-order valence-corrected chi connectivity index (χ0v) is 74.1. The summed E-state index contributed by atoms with van der Waals surface area (Å²) in [5.41, 5.74) is 2.96. The summed E-state index contributed by atoms with van der Waals surface area (Å²) in [6, 6.07) is 36.6. The molecule has 6 heterocycles. The first-order valence-corrected chi connectivity index (χ1v) is 44.2. The SMILES string of the molecule is COc1cc(O[C@@H]2C(C)(C)[C@@H](NC(=O)c3ccc(N4CCC5(CC4)CN(C4CC(Oc6ccc(C(=O)N[C@H]7CCC(=O)NC7=O)c(OC)c6)C4)CCO5)cc3)C2(C)CN2C(=O)CC[C@H](NC(=O)c3ccc(OC4CC(N5CCOC6(CCN(c7ccc(C(=O)NC8C(C)(C)C(Oc9cc(C)c(C#N)c(C)c9)C8(C)C)cc7)CC6)C5)C4)cc3OC)C2=O)ccc1C#N. The second-order valence-electron chi connectivity index (χ2n) is 38.2. The van der Waals surface area contributed by atoms with E-state index in [1.54, 1.807) is 54.6 Å². The first-order chi connectivity index (χ1) is 60.2. The van der Waals surface area contributed by atoms with Gasteiger partial charge in [-0.3, -0.25) is 58.4 Å². The number of carbonyl (C=O) groups is 8. The van der Waals surface area contributed by atoms with E-state index in [4.69, 9.17) is 42.6 Å². The normalized spacial score (nSPS) is 27.0. The Labute approximate surface area is 736 Å². The van der Waals surface area contributed by atoms with Crippen molar-refractivity contribution in [2.45, 2.75) is 211 Å². The number of benzene rings is 6. The minimum Gasteiger partial charge on any atom is -0.496 e. The minimum absolute atomic E-state index is 0.0306. The number of hydrogen-bond donors (Lipinski definition) is 5. The molecule has 6 aromatic carbocycles. The second kappa shape index (κ2) is 35.0. The Bertz CT molecular complexity index is 5250. The third-order valence-electron chi connectivity index (χ3n) is 28.9. The molecule has 1 unspecified atom stereocenters. The van der Waals surface area contributed by atoms with Gasteiger partial charge in [-0.05, 0) is 161 Å². The molecule has 0 radical (unpaired) electrons. The Morgan fingerprint density at radius 1 is 0.492 bits per heavy atom. The second-order valence-corrected chi connectivity index (χ2v) is 38.2. The van der Waals surface area contributed by atoms with Crippen LogP contribution in [0.2, 0.25) is 0 Å². The fourth-order valence-corrected chi connectivity index (χ4v) is 22.1. The van der Waals surface area contributed by atoms with Crippen LogP contribution in [0, 0.1) is 58.2 Å². The zero-order valence-electron chi connectivity index (χ0n) is 74.1. The zero-order chi connectivity index (χ0) is 89.1. The van der Waals surface area contributed by atoms with Crippen molar-refractivity contribution in [3.05, 3.63) is 160 Å². The molecule has 16 rings (SSSR count). The van der Waals surface area contributed by atoms with E-state index in [-0.39, 0.29) is 113 Å². The van der Waals surface area contributed by atoms with Crippen LogP contribution < -0.4 is 69.5 Å². The Hall–Kier alpha value is -11.5. The van der Waals surface area contributed by atoms with Crippen LogP contribution >= 0.6 is 0 Å². The molecular formula is C97H116N12O17. The van der Waals surface area contributed by atoms with Crippen molar-refractivity contribution in [1.82, 2.24) is 41.3 Å². The van der Waals surface area contributed by atoms with E-state index in [0.29, 0.717) is 76.3 Å². The van der Waals surface area contributed by atoms with Crippen molar-refractivity contribution in [3.8, 4) is 52.4 Å². The van der Waals surface area contributed by atoms with Crippen molar-refractivity contribution in [2.24, 2.45) is 21.7 Å². The molecule has 2 spiro atoms. The number of nitrogens with one attached hydrogen (secondary N) is 5. The molecule has 10 fully saturated rings. The quantitative estimate of drug-likeness (QED) is 0.0333. The van der Waals surface area contributed by atoms with E-state index in [2.05, 4.69) is 86.0 Å². The maximum atomic E-state index is 14.9. The van der Waals surface area contributed by atoms with Crippen molar-refractivity contribution in [1.29, 1.82) is 10.5 Å². The molecule has 8 amide bonds. The number of rotatable bonds is 25. The van der Waals surface area contributed by atoms with Crippen molar-refractivity contribution >= 4 is 58.6 Å². The molecule has 6 aliphatic heterocycles. The number of nitriles is 2. The number of amides is 8. The van der Waals surface area contributed by atoms with Gasteiger partial charge in [-0.25, -0.2) is 0 Å². The third kappa shape index (κ3) is 17.3. The number of morpholine rings is 2. The molecular weight excluding hydrogens is 1610 g/mol. The van der Waals surface area contributed by atoms with E-state index < -0.39 is 64.6 Å². The van der Waals surface area contributed by atoms with Crippen LogP contribution in [0.5, 0.6) is 40.2 Å². The average molecular weight is 1720 g/mol. The molecule has 5 atom stereocenters. The lowest BCUT2D eigenvalue weighted by atomic mass is 9.48. The molecule has 5 N–H and O–H groups in total. The highest BCUT2D eigenvalue weighted by atomic mass is 16.5. The Balaban J connectivity index is 0.497. The Kier molecular flexibility index (Phi) is 24.5. The summed E-state index contributed by atoms with van der Waals surface area (Å²) in [5, 5.41) is 34.0. The highest BCUT2D eigenvalue weighted by molar-refractivity contribution is 6.06. The summed E-state index contributed by atoms with van der Waals surface area (Å²) >= 11 is 0. The number of likely N-dealkylation sites (tertiary alicyclic amines) is 1. The van der Waals surface area contributed by atoms with E-state index in [1.165, 1.54) is 26.2 Å². The van der Waals surface area contributed by atoms with E-state index >= 15 is 0 Å². The minimum atomic E-state index is -1.12. The maximum Gasteiger partial charge on any atom is 0.255 e. The van der Waals surface area contributed by atoms with Crippen LogP contribution in [-0.2, 0) is 28.7 Å². The van der Waals surface area contributed by atoms with Gasteiger partial charge >= 0.3 is 0 Å². The number of methoxy groups -OCH3 is 3. The van der Waals surface area contributed by atoms with Crippen molar-refractivity contribution in [3.63, 3.8) is 0 Å². The summed E-state index contributed by atoms with van der Waals surface area (Å²) in [4.78, 5) is 120. The molecule has 6 aromatic rings. The average Bonchev–Trinajstić information content (AvgIpc) is 0.689. The standard InChI is InChI=1S/C97H116N12O17/c1-57-43-69(44-58(2)74(57)53-99)126-90-92(3,4)88(93(90,5)6)103-82(112)59-13-18-62(19-14-59)105-35-31-96(32-36-105)55-108(40-41-121-96)65-47-71(48-65)124-67-24-26-73(79(51-67)120-12)85(115)101-76-28-30-81(111)109(87(76)117)54-95(9)89(94(7,8)91(95)125-68-22-17-61(52-98)77(49-68)118-10)104-83(113)60-15-20-63(21-16-60)106-37-33-97(34-38-106)56-107(39-42-122-97)64-45-70(46-64)123-66-23-25-72(78(50-66)119-11)84(114)100-75-27-29-80(110)102-86(75)116/h13-26,43-44,49-51,64-65,70-71,75-76,88-91H,27-42,45-48,54-56H2,1-12H3,(H,100,114)(H,101,115)(H,103,112)(H,104,113)(H,102,110,116)/t64?,65?,70?,71?,75-,76-,88?,89+,90?,91+,95?/m0/s1. The predicted octanol–water partition coefficient (Wildman–Crippen LogP) is 10.3. The van der Waals surface area contributed by atoms with E-state index in [1.807, 2.05) is 95.3 Å². The highest BCUT2D eigenvalue weighted by Gasteiger charge is 2.68. The maximum absolute atomic E-state index is 14.9. The number of piperidine rings is 4. The molecule has 29 nitrogen and oxygen atoms in total. The Morgan fingerprint density at radius 2 is 0.937 bits per heavy atom. The Morgan fingerprint density at radius 3 is 1.41 bits per heavy atom. The number of aryl methyl sites for hydroxylation is 2. The number of ether oxygens (including phenoxy) is 9. The third-order valence-corrected chi connectivity index (χ3v) is 28.9.